The van der Waals surface area contributed by atoms with Crippen molar-refractivity contribution in [2.75, 3.05) is 14.2 Å². The zero-order valence-electron chi connectivity index (χ0n) is 7.62. The fraction of sp³-hybridized carbons (Fsp3) is 0.778. The van der Waals surface area contributed by atoms with Gasteiger partial charge in [-0.15, -0.1) is 0 Å². The van der Waals surface area contributed by atoms with E-state index in [1.165, 1.54) is 0 Å². The lowest BCUT2D eigenvalue weighted by molar-refractivity contribution is -0.105. The number of hydrogen-bond donors (Lipinski definition) is 1. The molecule has 3 unspecified atom stereocenters. The first-order chi connectivity index (χ1) is 5.69. The summed E-state index contributed by atoms with van der Waals surface area (Å²) < 4.78 is 10.3. The second-order valence-corrected chi connectivity index (χ2v) is 3.20. The van der Waals surface area contributed by atoms with Gasteiger partial charge in [-0.05, 0) is 12.8 Å². The molecule has 0 aromatic carbocycles. The average molecular weight is 172 g/mol. The highest BCUT2D eigenvalue weighted by atomic mass is 16.5. The Bertz CT molecular complexity index is 167. The second kappa shape index (κ2) is 4.03. The van der Waals surface area contributed by atoms with Gasteiger partial charge in [0, 0.05) is 14.2 Å². The molecule has 1 N–H and O–H groups in total. The Labute approximate surface area is 73.0 Å². The third-order valence-electron chi connectivity index (χ3n) is 2.31. The van der Waals surface area contributed by atoms with Crippen molar-refractivity contribution in [3.8, 4) is 0 Å². The summed E-state index contributed by atoms with van der Waals surface area (Å²) in [5.74, 6) is 0. The van der Waals surface area contributed by atoms with E-state index in [-0.39, 0.29) is 12.2 Å². The topological polar surface area (TPSA) is 38.7 Å². The lowest BCUT2D eigenvalue weighted by Crippen LogP contribution is -2.44. The van der Waals surface area contributed by atoms with Crippen LogP contribution in [0.25, 0.3) is 0 Å². The highest BCUT2D eigenvalue weighted by Crippen LogP contribution is 2.26. The van der Waals surface area contributed by atoms with Crippen LogP contribution in [0.5, 0.6) is 0 Å². The Morgan fingerprint density at radius 2 is 2.00 bits per heavy atom. The lowest BCUT2D eigenvalue weighted by atomic mass is 9.88. The molecule has 70 valence electrons. The van der Waals surface area contributed by atoms with E-state index in [4.69, 9.17) is 9.47 Å². The fourth-order valence-corrected chi connectivity index (χ4v) is 1.67. The average Bonchev–Trinajstić information content (AvgIpc) is 2.03. The maximum Gasteiger partial charge on any atom is 0.110 e. The van der Waals surface area contributed by atoms with Crippen LogP contribution in [-0.2, 0) is 9.47 Å². The molecular weight excluding hydrogens is 156 g/mol. The van der Waals surface area contributed by atoms with Gasteiger partial charge in [0.25, 0.3) is 0 Å². The zero-order valence-corrected chi connectivity index (χ0v) is 7.62. The molecule has 0 heterocycles. The minimum absolute atomic E-state index is 0.0498. The molecule has 0 bridgehead atoms. The third kappa shape index (κ3) is 1.86. The molecule has 1 saturated carbocycles. The smallest absolute Gasteiger partial charge is 0.110 e. The summed E-state index contributed by atoms with van der Waals surface area (Å²) in [6.45, 7) is 3.84. The van der Waals surface area contributed by atoms with Crippen LogP contribution in [0.2, 0.25) is 0 Å². The van der Waals surface area contributed by atoms with Crippen LogP contribution >= 0.6 is 0 Å². The summed E-state index contributed by atoms with van der Waals surface area (Å²) >= 11 is 0. The standard InChI is InChI=1S/C9H16O3/c1-6-4-7(10)9(12-3)8(5-6)11-2/h7-10H,1,4-5H2,2-3H3. The van der Waals surface area contributed by atoms with Gasteiger partial charge in [-0.1, -0.05) is 12.2 Å². The summed E-state index contributed by atoms with van der Waals surface area (Å²) in [6, 6.07) is 0. The molecule has 0 amide bonds. The zero-order chi connectivity index (χ0) is 9.14. The Morgan fingerprint density at radius 3 is 2.50 bits per heavy atom. The van der Waals surface area contributed by atoms with Crippen LogP contribution < -0.4 is 0 Å². The summed E-state index contributed by atoms with van der Waals surface area (Å²) in [4.78, 5) is 0. The minimum atomic E-state index is -0.471. The Kier molecular flexibility index (Phi) is 3.26. The van der Waals surface area contributed by atoms with Crippen molar-refractivity contribution in [1.82, 2.24) is 0 Å². The molecule has 0 aromatic heterocycles. The molecule has 3 nitrogen and oxygen atoms in total. The van der Waals surface area contributed by atoms with Gasteiger partial charge in [0.2, 0.25) is 0 Å². The summed E-state index contributed by atoms with van der Waals surface area (Å²) in [6.07, 6.45) is 0.678. The maximum atomic E-state index is 9.58. The molecule has 0 aromatic rings. The third-order valence-corrected chi connectivity index (χ3v) is 2.31. The van der Waals surface area contributed by atoms with Gasteiger partial charge in [-0.3, -0.25) is 0 Å². The van der Waals surface area contributed by atoms with Crippen molar-refractivity contribution in [2.45, 2.75) is 31.2 Å². The van der Waals surface area contributed by atoms with Gasteiger partial charge in [0.15, 0.2) is 0 Å². The molecule has 0 spiro atoms. The summed E-state index contributed by atoms with van der Waals surface area (Å²) in [7, 11) is 3.22. The fourth-order valence-electron chi connectivity index (χ4n) is 1.67. The molecule has 1 fully saturated rings. The highest BCUT2D eigenvalue weighted by molar-refractivity contribution is 5.06. The first-order valence-corrected chi connectivity index (χ1v) is 4.09. The number of aliphatic hydroxyl groups is 1. The summed E-state index contributed by atoms with van der Waals surface area (Å²) in [5.41, 5.74) is 1.03. The molecule has 12 heavy (non-hydrogen) atoms. The lowest BCUT2D eigenvalue weighted by Gasteiger charge is -2.34. The second-order valence-electron chi connectivity index (χ2n) is 3.20. The van der Waals surface area contributed by atoms with Gasteiger partial charge in [-0.2, -0.15) is 0 Å². The van der Waals surface area contributed by atoms with E-state index in [1.54, 1.807) is 14.2 Å². The quantitative estimate of drug-likeness (QED) is 0.624. The van der Waals surface area contributed by atoms with Crippen LogP contribution in [0.1, 0.15) is 12.8 Å². The van der Waals surface area contributed by atoms with E-state index in [2.05, 4.69) is 6.58 Å². The number of methoxy groups -OCH3 is 2. The van der Waals surface area contributed by atoms with Crippen LogP contribution in [0.3, 0.4) is 0 Å². The van der Waals surface area contributed by atoms with E-state index < -0.39 is 6.10 Å². The molecule has 3 heteroatoms. The first-order valence-electron chi connectivity index (χ1n) is 4.09. The van der Waals surface area contributed by atoms with E-state index in [9.17, 15) is 5.11 Å². The van der Waals surface area contributed by atoms with Gasteiger partial charge in [0.05, 0.1) is 12.2 Å². The number of rotatable bonds is 2. The summed E-state index contributed by atoms with van der Waals surface area (Å²) in [5, 5.41) is 9.58. The van der Waals surface area contributed by atoms with E-state index in [1.807, 2.05) is 0 Å². The SMILES string of the molecule is C=C1CC(O)C(OC)C(OC)C1. The predicted molar refractivity (Wildman–Crippen MR) is 46.0 cm³/mol. The Balaban J connectivity index is 2.62. The van der Waals surface area contributed by atoms with Crippen molar-refractivity contribution in [3.63, 3.8) is 0 Å². The molecule has 1 aliphatic rings. The largest absolute Gasteiger partial charge is 0.390 e. The van der Waals surface area contributed by atoms with Crippen molar-refractivity contribution in [1.29, 1.82) is 0 Å². The molecule has 0 radical (unpaired) electrons. The molecular formula is C9H16O3. The van der Waals surface area contributed by atoms with Gasteiger partial charge in [-0.25, -0.2) is 0 Å². The van der Waals surface area contributed by atoms with Crippen LogP contribution in [0, 0.1) is 0 Å². The maximum absolute atomic E-state index is 9.58. The Morgan fingerprint density at radius 1 is 1.33 bits per heavy atom. The van der Waals surface area contributed by atoms with Crippen molar-refractivity contribution >= 4 is 0 Å². The van der Waals surface area contributed by atoms with Crippen LogP contribution in [0.15, 0.2) is 12.2 Å². The van der Waals surface area contributed by atoms with E-state index >= 15 is 0 Å². The van der Waals surface area contributed by atoms with E-state index in [0.29, 0.717) is 6.42 Å². The molecule has 1 aliphatic carbocycles. The number of aliphatic hydroxyl groups excluding tert-OH is 1. The molecule has 0 saturated heterocycles. The number of ether oxygens (including phenoxy) is 2. The van der Waals surface area contributed by atoms with Crippen molar-refractivity contribution in [3.05, 3.63) is 12.2 Å². The van der Waals surface area contributed by atoms with E-state index in [0.717, 1.165) is 12.0 Å². The number of hydrogen-bond acceptors (Lipinski definition) is 3. The molecule has 3 atom stereocenters. The molecule has 0 aliphatic heterocycles. The van der Waals surface area contributed by atoms with Crippen LogP contribution in [0.4, 0.5) is 0 Å². The van der Waals surface area contributed by atoms with Crippen LogP contribution in [-0.4, -0.2) is 37.6 Å². The van der Waals surface area contributed by atoms with Gasteiger partial charge in [0.1, 0.15) is 6.10 Å². The monoisotopic (exact) mass is 172 g/mol. The van der Waals surface area contributed by atoms with Gasteiger partial charge < -0.3 is 14.6 Å². The van der Waals surface area contributed by atoms with Crippen molar-refractivity contribution in [2.24, 2.45) is 0 Å². The Hall–Kier alpha value is -0.380. The minimum Gasteiger partial charge on any atom is -0.390 e. The normalized spacial score (nSPS) is 36.9. The first kappa shape index (κ1) is 9.71. The highest BCUT2D eigenvalue weighted by Gasteiger charge is 2.33. The predicted octanol–water partition coefficient (Wildman–Crippen LogP) is 0.727. The molecule has 1 rings (SSSR count). The van der Waals surface area contributed by atoms with Crippen molar-refractivity contribution < 1.29 is 14.6 Å². The van der Waals surface area contributed by atoms with Gasteiger partial charge >= 0.3 is 0 Å².